The van der Waals surface area contributed by atoms with Crippen LogP contribution in [0.2, 0.25) is 0 Å². The predicted octanol–water partition coefficient (Wildman–Crippen LogP) is 1.33. The quantitative estimate of drug-likeness (QED) is 0.734. The predicted molar refractivity (Wildman–Crippen MR) is 73.0 cm³/mol. The molecule has 0 aromatic carbocycles. The van der Waals surface area contributed by atoms with Gasteiger partial charge in [-0.3, -0.25) is 0 Å². The van der Waals surface area contributed by atoms with Crippen LogP contribution in [0.15, 0.2) is 6.33 Å². The number of hydrogen-bond donors (Lipinski definition) is 3. The van der Waals surface area contributed by atoms with Crippen molar-refractivity contribution in [3.05, 3.63) is 6.33 Å². The van der Waals surface area contributed by atoms with Crippen molar-refractivity contribution >= 4 is 28.6 Å². The first-order valence-electron chi connectivity index (χ1n) is 5.92. The summed E-state index contributed by atoms with van der Waals surface area (Å²) in [6, 6.07) is 0. The van der Waals surface area contributed by atoms with Crippen molar-refractivity contribution in [1.82, 2.24) is 19.9 Å². The van der Waals surface area contributed by atoms with Gasteiger partial charge in [-0.2, -0.15) is 4.98 Å². The summed E-state index contributed by atoms with van der Waals surface area (Å²) in [5.41, 5.74) is 1.41. The molecule has 0 spiro atoms. The summed E-state index contributed by atoms with van der Waals surface area (Å²) in [5, 5.41) is 9.20. The highest BCUT2D eigenvalue weighted by atomic mass is 15.2. The van der Waals surface area contributed by atoms with E-state index in [0.717, 1.165) is 13.0 Å². The van der Waals surface area contributed by atoms with Crippen LogP contribution in [0.25, 0.3) is 11.0 Å². The standard InChI is InChI=1S/C11H17N7/c1-4-5-14-11-17-8-7(10(13-3)18-11)15-6-16-9(8)12-2/h6H,4-5H2,1-3H3,(H,12,15,16)(H2,13,14,17,18). The third-order valence-corrected chi connectivity index (χ3v) is 2.49. The van der Waals surface area contributed by atoms with E-state index in [1.54, 1.807) is 0 Å². The van der Waals surface area contributed by atoms with Gasteiger partial charge >= 0.3 is 0 Å². The molecule has 2 aromatic heterocycles. The molecule has 7 nitrogen and oxygen atoms in total. The Bertz CT molecular complexity index is 540. The third kappa shape index (κ3) is 2.24. The van der Waals surface area contributed by atoms with Gasteiger partial charge < -0.3 is 16.0 Å². The Morgan fingerprint density at radius 2 is 1.78 bits per heavy atom. The first-order valence-corrected chi connectivity index (χ1v) is 5.92. The zero-order valence-electron chi connectivity index (χ0n) is 10.8. The van der Waals surface area contributed by atoms with Gasteiger partial charge in [0.25, 0.3) is 0 Å². The molecule has 2 rings (SSSR count). The normalized spacial score (nSPS) is 10.4. The van der Waals surface area contributed by atoms with Gasteiger partial charge in [0.2, 0.25) is 5.95 Å². The summed E-state index contributed by atoms with van der Waals surface area (Å²) in [4.78, 5) is 17.2. The molecule has 3 N–H and O–H groups in total. The summed E-state index contributed by atoms with van der Waals surface area (Å²) >= 11 is 0. The molecule has 0 radical (unpaired) electrons. The number of rotatable bonds is 5. The van der Waals surface area contributed by atoms with Crippen LogP contribution in [0.3, 0.4) is 0 Å². The van der Waals surface area contributed by atoms with Crippen molar-refractivity contribution in [2.24, 2.45) is 0 Å². The Kier molecular flexibility index (Phi) is 3.71. The number of hydrogen-bond acceptors (Lipinski definition) is 7. The largest absolute Gasteiger partial charge is 0.371 e. The molecule has 0 aliphatic carbocycles. The minimum absolute atomic E-state index is 0.583. The Morgan fingerprint density at radius 1 is 1.00 bits per heavy atom. The lowest BCUT2D eigenvalue weighted by atomic mass is 10.3. The fourth-order valence-electron chi connectivity index (χ4n) is 1.62. The highest BCUT2D eigenvalue weighted by Gasteiger charge is 2.11. The lowest BCUT2D eigenvalue weighted by Gasteiger charge is -2.10. The molecule has 0 amide bonds. The number of nitrogens with zero attached hydrogens (tertiary/aromatic N) is 4. The fourth-order valence-corrected chi connectivity index (χ4v) is 1.62. The van der Waals surface area contributed by atoms with Gasteiger partial charge in [-0.25, -0.2) is 15.0 Å². The maximum atomic E-state index is 4.44. The molecule has 0 atom stereocenters. The number of fused-ring (bicyclic) bond motifs is 1. The molecule has 0 aliphatic heterocycles. The van der Waals surface area contributed by atoms with Gasteiger partial charge in [0, 0.05) is 20.6 Å². The van der Waals surface area contributed by atoms with Crippen molar-refractivity contribution in [2.45, 2.75) is 13.3 Å². The number of anilines is 3. The monoisotopic (exact) mass is 247 g/mol. The highest BCUT2D eigenvalue weighted by molar-refractivity contribution is 5.92. The first-order chi connectivity index (χ1) is 8.80. The smallest absolute Gasteiger partial charge is 0.225 e. The highest BCUT2D eigenvalue weighted by Crippen LogP contribution is 2.23. The van der Waals surface area contributed by atoms with E-state index >= 15 is 0 Å². The summed E-state index contributed by atoms with van der Waals surface area (Å²) in [6.45, 7) is 2.92. The van der Waals surface area contributed by atoms with Crippen LogP contribution < -0.4 is 16.0 Å². The molecular formula is C11H17N7. The van der Waals surface area contributed by atoms with E-state index in [1.165, 1.54) is 6.33 Å². The Morgan fingerprint density at radius 3 is 2.44 bits per heavy atom. The molecule has 96 valence electrons. The van der Waals surface area contributed by atoms with Crippen molar-refractivity contribution in [2.75, 3.05) is 36.6 Å². The molecule has 0 saturated heterocycles. The third-order valence-electron chi connectivity index (χ3n) is 2.49. The van der Waals surface area contributed by atoms with Crippen LogP contribution >= 0.6 is 0 Å². The van der Waals surface area contributed by atoms with E-state index < -0.39 is 0 Å². The summed E-state index contributed by atoms with van der Waals surface area (Å²) in [5.74, 6) is 1.97. The molecular weight excluding hydrogens is 230 g/mol. The molecule has 2 heterocycles. The molecule has 7 heteroatoms. The minimum Gasteiger partial charge on any atom is -0.371 e. The molecule has 0 saturated carbocycles. The van der Waals surface area contributed by atoms with E-state index in [1.807, 2.05) is 14.1 Å². The molecule has 0 bridgehead atoms. The van der Waals surface area contributed by atoms with Gasteiger partial charge in [-0.1, -0.05) is 6.92 Å². The van der Waals surface area contributed by atoms with Crippen molar-refractivity contribution in [3.8, 4) is 0 Å². The maximum absolute atomic E-state index is 4.44. The first kappa shape index (κ1) is 12.3. The lowest BCUT2D eigenvalue weighted by molar-refractivity contribution is 0.956. The Balaban J connectivity index is 2.57. The second-order valence-corrected chi connectivity index (χ2v) is 3.74. The number of aromatic nitrogens is 4. The van der Waals surface area contributed by atoms with Crippen LogP contribution in [-0.4, -0.2) is 40.6 Å². The second-order valence-electron chi connectivity index (χ2n) is 3.74. The van der Waals surface area contributed by atoms with Crippen molar-refractivity contribution < 1.29 is 0 Å². The van der Waals surface area contributed by atoms with Gasteiger partial charge in [-0.15, -0.1) is 0 Å². The fraction of sp³-hybridized carbons (Fsp3) is 0.455. The summed E-state index contributed by atoms with van der Waals surface area (Å²) < 4.78 is 0. The van der Waals surface area contributed by atoms with Gasteiger partial charge in [-0.05, 0) is 6.42 Å². The average Bonchev–Trinajstić information content (AvgIpc) is 2.43. The van der Waals surface area contributed by atoms with E-state index in [-0.39, 0.29) is 0 Å². The molecule has 0 fully saturated rings. The van der Waals surface area contributed by atoms with Gasteiger partial charge in [0.15, 0.2) is 11.6 Å². The topological polar surface area (TPSA) is 87.7 Å². The lowest BCUT2D eigenvalue weighted by Crippen LogP contribution is -2.08. The van der Waals surface area contributed by atoms with Crippen LogP contribution in [0, 0.1) is 0 Å². The minimum atomic E-state index is 0.583. The molecule has 0 aliphatic rings. The van der Waals surface area contributed by atoms with E-state index in [2.05, 4.69) is 42.8 Å². The Labute approximate surface area is 105 Å². The summed E-state index contributed by atoms with van der Waals surface area (Å²) in [7, 11) is 3.62. The van der Waals surface area contributed by atoms with E-state index in [4.69, 9.17) is 0 Å². The Hall–Kier alpha value is -2.18. The average molecular weight is 247 g/mol. The van der Waals surface area contributed by atoms with E-state index in [9.17, 15) is 0 Å². The van der Waals surface area contributed by atoms with Gasteiger partial charge in [0.1, 0.15) is 17.4 Å². The summed E-state index contributed by atoms with van der Waals surface area (Å²) in [6.07, 6.45) is 2.51. The maximum Gasteiger partial charge on any atom is 0.225 e. The number of nitrogens with one attached hydrogen (secondary N) is 3. The molecule has 18 heavy (non-hydrogen) atoms. The van der Waals surface area contributed by atoms with Crippen LogP contribution in [-0.2, 0) is 0 Å². The van der Waals surface area contributed by atoms with Crippen molar-refractivity contribution in [1.29, 1.82) is 0 Å². The van der Waals surface area contributed by atoms with Crippen molar-refractivity contribution in [3.63, 3.8) is 0 Å². The zero-order chi connectivity index (χ0) is 13.0. The van der Waals surface area contributed by atoms with Crippen LogP contribution in [0.1, 0.15) is 13.3 Å². The molecule has 0 unspecified atom stereocenters. The molecule has 2 aromatic rings. The SMILES string of the molecule is CCCNc1nc(NC)c2ncnc(NC)c2n1. The van der Waals surface area contributed by atoms with E-state index in [0.29, 0.717) is 28.6 Å². The second kappa shape index (κ2) is 5.44. The van der Waals surface area contributed by atoms with Crippen LogP contribution in [0.4, 0.5) is 17.6 Å². The zero-order valence-corrected chi connectivity index (χ0v) is 10.8. The van der Waals surface area contributed by atoms with Crippen LogP contribution in [0.5, 0.6) is 0 Å². The van der Waals surface area contributed by atoms with Gasteiger partial charge in [0.05, 0.1) is 0 Å².